The Morgan fingerprint density at radius 1 is 1.23 bits per heavy atom. The number of nitrogens with one attached hydrogen (secondary N) is 2. The normalized spacial score (nSPS) is 16.6. The molecule has 0 radical (unpaired) electrons. The maximum atomic E-state index is 4.74. The Morgan fingerprint density at radius 2 is 2.08 bits per heavy atom. The molecule has 6 heteroatoms. The minimum atomic E-state index is 0.449. The van der Waals surface area contributed by atoms with Crippen molar-refractivity contribution in [1.82, 2.24) is 25.2 Å². The van der Waals surface area contributed by atoms with Crippen molar-refractivity contribution in [2.45, 2.75) is 52.5 Å². The second-order valence-electron chi connectivity index (χ2n) is 7.10. The van der Waals surface area contributed by atoms with Crippen LogP contribution in [-0.4, -0.2) is 33.6 Å². The Kier molecular flexibility index (Phi) is 6.26. The summed E-state index contributed by atoms with van der Waals surface area (Å²) in [6.07, 6.45) is 13.9. The maximum absolute atomic E-state index is 4.74. The van der Waals surface area contributed by atoms with Gasteiger partial charge in [-0.25, -0.2) is 15.0 Å². The third-order valence-electron chi connectivity index (χ3n) is 5.39. The Labute approximate surface area is 156 Å². The van der Waals surface area contributed by atoms with E-state index in [1.807, 2.05) is 23.0 Å². The average molecular weight is 355 g/mol. The molecule has 2 N–H and O–H groups in total. The van der Waals surface area contributed by atoms with Gasteiger partial charge >= 0.3 is 0 Å². The lowest BCUT2D eigenvalue weighted by atomic mass is 9.83. The van der Waals surface area contributed by atoms with E-state index < -0.39 is 0 Å². The van der Waals surface area contributed by atoms with Crippen LogP contribution < -0.4 is 10.6 Å². The number of nitrogens with zero attached hydrogens (tertiary/aromatic N) is 4. The first-order valence-corrected chi connectivity index (χ1v) is 9.70. The second kappa shape index (κ2) is 8.83. The molecule has 0 aliphatic heterocycles. The zero-order valence-corrected chi connectivity index (χ0v) is 15.9. The minimum absolute atomic E-state index is 0.449. The summed E-state index contributed by atoms with van der Waals surface area (Å²) in [5.74, 6) is 1.76. The van der Waals surface area contributed by atoms with Crippen molar-refractivity contribution in [3.8, 4) is 5.82 Å². The number of guanidine groups is 1. The SMILES string of the molecule is CCNC(=NCc1ccc(-n2ccnc2)nc1)NCC1(CC)CCCC1. The van der Waals surface area contributed by atoms with Crippen molar-refractivity contribution in [2.24, 2.45) is 10.4 Å². The lowest BCUT2D eigenvalue weighted by molar-refractivity contribution is 0.283. The van der Waals surface area contributed by atoms with Gasteiger partial charge in [-0.05, 0) is 43.2 Å². The highest BCUT2D eigenvalue weighted by Gasteiger charge is 2.31. The van der Waals surface area contributed by atoms with Crippen molar-refractivity contribution in [1.29, 1.82) is 0 Å². The Balaban J connectivity index is 1.59. The Hall–Kier alpha value is -2.37. The molecule has 1 aliphatic rings. The van der Waals surface area contributed by atoms with Gasteiger partial charge in [-0.2, -0.15) is 0 Å². The summed E-state index contributed by atoms with van der Waals surface area (Å²) in [6.45, 7) is 6.90. The first-order valence-electron chi connectivity index (χ1n) is 9.70. The Morgan fingerprint density at radius 3 is 2.69 bits per heavy atom. The summed E-state index contributed by atoms with van der Waals surface area (Å²) in [5.41, 5.74) is 1.54. The monoisotopic (exact) mass is 354 g/mol. The summed E-state index contributed by atoms with van der Waals surface area (Å²) >= 11 is 0. The van der Waals surface area contributed by atoms with Crippen molar-refractivity contribution in [2.75, 3.05) is 13.1 Å². The van der Waals surface area contributed by atoms with Crippen LogP contribution in [0.2, 0.25) is 0 Å². The van der Waals surface area contributed by atoms with E-state index >= 15 is 0 Å². The molecular weight excluding hydrogens is 324 g/mol. The van der Waals surface area contributed by atoms with E-state index in [9.17, 15) is 0 Å². The number of aromatic nitrogens is 3. The molecule has 0 saturated heterocycles. The summed E-state index contributed by atoms with van der Waals surface area (Å²) in [7, 11) is 0. The fourth-order valence-electron chi connectivity index (χ4n) is 3.62. The largest absolute Gasteiger partial charge is 0.357 e. The van der Waals surface area contributed by atoms with Gasteiger partial charge in [0.15, 0.2) is 5.96 Å². The molecule has 3 rings (SSSR count). The molecule has 1 aliphatic carbocycles. The van der Waals surface area contributed by atoms with E-state index in [0.29, 0.717) is 12.0 Å². The quantitative estimate of drug-likeness (QED) is 0.591. The number of hydrogen-bond donors (Lipinski definition) is 2. The predicted octanol–water partition coefficient (Wildman–Crippen LogP) is 3.29. The molecule has 0 atom stereocenters. The van der Waals surface area contributed by atoms with Crippen molar-refractivity contribution < 1.29 is 0 Å². The lowest BCUT2D eigenvalue weighted by Gasteiger charge is -2.28. The van der Waals surface area contributed by atoms with Crippen LogP contribution >= 0.6 is 0 Å². The highest BCUT2D eigenvalue weighted by atomic mass is 15.2. The average Bonchev–Trinajstić information content (AvgIpc) is 3.37. The van der Waals surface area contributed by atoms with E-state index in [2.05, 4.69) is 40.5 Å². The molecule has 1 fully saturated rings. The predicted molar refractivity (Wildman–Crippen MR) is 105 cm³/mol. The van der Waals surface area contributed by atoms with Crippen LogP contribution in [0.4, 0.5) is 0 Å². The van der Waals surface area contributed by atoms with Crippen molar-refractivity contribution in [3.63, 3.8) is 0 Å². The van der Waals surface area contributed by atoms with Crippen LogP contribution in [0, 0.1) is 5.41 Å². The zero-order valence-electron chi connectivity index (χ0n) is 15.9. The molecule has 0 unspecified atom stereocenters. The van der Waals surface area contributed by atoms with E-state index in [0.717, 1.165) is 30.4 Å². The maximum Gasteiger partial charge on any atom is 0.191 e. The molecule has 2 heterocycles. The fraction of sp³-hybridized carbons (Fsp3) is 0.550. The van der Waals surface area contributed by atoms with Gasteiger partial charge in [0.05, 0.1) is 6.54 Å². The van der Waals surface area contributed by atoms with Gasteiger partial charge in [-0.1, -0.05) is 25.8 Å². The highest BCUT2D eigenvalue weighted by molar-refractivity contribution is 5.79. The van der Waals surface area contributed by atoms with Gasteiger partial charge in [0.2, 0.25) is 0 Å². The number of imidazole rings is 1. The van der Waals surface area contributed by atoms with Gasteiger partial charge in [0, 0.05) is 31.7 Å². The van der Waals surface area contributed by atoms with E-state index in [-0.39, 0.29) is 0 Å². The van der Waals surface area contributed by atoms with Gasteiger partial charge in [0.25, 0.3) is 0 Å². The zero-order chi connectivity index (χ0) is 18.2. The molecule has 26 heavy (non-hydrogen) atoms. The molecule has 0 bridgehead atoms. The third kappa shape index (κ3) is 4.62. The molecule has 140 valence electrons. The lowest BCUT2D eigenvalue weighted by Crippen LogP contribution is -2.42. The van der Waals surface area contributed by atoms with Gasteiger partial charge in [-0.15, -0.1) is 0 Å². The van der Waals surface area contributed by atoms with Crippen LogP contribution in [0.5, 0.6) is 0 Å². The summed E-state index contributed by atoms with van der Waals surface area (Å²) < 4.78 is 1.89. The fourth-order valence-corrected chi connectivity index (χ4v) is 3.62. The highest BCUT2D eigenvalue weighted by Crippen LogP contribution is 2.40. The van der Waals surface area contributed by atoms with Crippen LogP contribution in [0.15, 0.2) is 42.0 Å². The molecule has 0 amide bonds. The molecule has 1 saturated carbocycles. The van der Waals surface area contributed by atoms with Crippen LogP contribution in [0.1, 0.15) is 51.5 Å². The molecule has 0 aromatic carbocycles. The molecule has 6 nitrogen and oxygen atoms in total. The third-order valence-corrected chi connectivity index (χ3v) is 5.39. The standard InChI is InChI=1S/C20H30N6/c1-3-20(9-5-6-10-20)15-25-19(22-4-2)24-14-17-7-8-18(23-13-17)26-12-11-21-16-26/h7-8,11-13,16H,3-6,9-10,14-15H2,1-2H3,(H2,22,24,25). The molecule has 2 aromatic heterocycles. The van der Waals surface area contributed by atoms with Crippen LogP contribution in [0.25, 0.3) is 5.82 Å². The molecule has 2 aromatic rings. The van der Waals surface area contributed by atoms with Crippen molar-refractivity contribution >= 4 is 5.96 Å². The van der Waals surface area contributed by atoms with Crippen LogP contribution in [0.3, 0.4) is 0 Å². The number of rotatable bonds is 7. The topological polar surface area (TPSA) is 67.1 Å². The van der Waals surface area contributed by atoms with E-state index in [1.165, 1.54) is 32.1 Å². The first kappa shape index (κ1) is 18.4. The minimum Gasteiger partial charge on any atom is -0.357 e. The summed E-state index contributed by atoms with van der Waals surface area (Å²) in [4.78, 5) is 13.3. The van der Waals surface area contributed by atoms with Crippen LogP contribution in [-0.2, 0) is 6.54 Å². The number of aliphatic imine (C=N–C) groups is 1. The summed E-state index contributed by atoms with van der Waals surface area (Å²) in [5, 5.41) is 6.92. The second-order valence-corrected chi connectivity index (χ2v) is 7.10. The van der Waals surface area contributed by atoms with E-state index in [4.69, 9.17) is 4.99 Å². The van der Waals surface area contributed by atoms with E-state index in [1.54, 1.807) is 12.5 Å². The van der Waals surface area contributed by atoms with Gasteiger partial charge in [0.1, 0.15) is 12.1 Å². The van der Waals surface area contributed by atoms with Gasteiger partial charge in [-0.3, -0.25) is 4.57 Å². The molecule has 0 spiro atoms. The summed E-state index contributed by atoms with van der Waals surface area (Å²) in [6, 6.07) is 4.07. The number of hydrogen-bond acceptors (Lipinski definition) is 3. The number of pyridine rings is 1. The first-order chi connectivity index (χ1) is 12.7. The molecular formula is C20H30N6. The Bertz CT molecular complexity index is 684. The smallest absolute Gasteiger partial charge is 0.191 e. The van der Waals surface area contributed by atoms with Gasteiger partial charge < -0.3 is 10.6 Å². The van der Waals surface area contributed by atoms with Crippen molar-refractivity contribution in [3.05, 3.63) is 42.6 Å².